The summed E-state index contributed by atoms with van der Waals surface area (Å²) in [6.07, 6.45) is -37.0. The van der Waals surface area contributed by atoms with Gasteiger partial charge in [-0.3, -0.25) is 0 Å². The van der Waals surface area contributed by atoms with Gasteiger partial charge in [-0.25, -0.2) is 0 Å². The second-order valence-corrected chi connectivity index (χ2v) is 27.0. The molecule has 7 heterocycles. The molecule has 0 aromatic carbocycles. The van der Waals surface area contributed by atoms with Gasteiger partial charge < -0.3 is 134 Å². The van der Waals surface area contributed by atoms with Gasteiger partial charge in [0.25, 0.3) is 0 Å². The molecule has 0 bridgehead atoms. The summed E-state index contributed by atoms with van der Waals surface area (Å²) >= 11 is 0. The van der Waals surface area contributed by atoms with E-state index in [1.54, 1.807) is 0 Å². The lowest BCUT2D eigenvalue weighted by Crippen LogP contribution is -2.74. The quantitative estimate of drug-likeness (QED) is 0.0818. The van der Waals surface area contributed by atoms with Crippen LogP contribution in [-0.4, -0.2) is 275 Å². The molecule has 27 nitrogen and oxygen atoms in total. The molecule has 7 aliphatic heterocycles. The Morgan fingerprint density at radius 2 is 1.12 bits per heavy atom. The highest BCUT2D eigenvalue weighted by Gasteiger charge is 2.70. The average Bonchev–Trinajstić information content (AvgIpc) is 4.00. The zero-order chi connectivity index (χ0) is 59.6. The third-order valence-corrected chi connectivity index (χ3v) is 22.7. The molecule has 0 radical (unpaired) electrons. The Morgan fingerprint density at radius 1 is 0.506 bits per heavy atom. The molecule has 7 saturated heterocycles. The van der Waals surface area contributed by atoms with E-state index in [0.29, 0.717) is 55.5 Å². The fourth-order valence-electron chi connectivity index (χ4n) is 17.9. The fraction of sp³-hybridized carbons (Fsp3) is 1.00. The van der Waals surface area contributed by atoms with Gasteiger partial charge in [0.15, 0.2) is 30.9 Å². The predicted octanol–water partition coefficient (Wildman–Crippen LogP) is -5.48. The van der Waals surface area contributed by atoms with Crippen LogP contribution in [0.25, 0.3) is 0 Å². The van der Waals surface area contributed by atoms with E-state index in [0.717, 1.165) is 44.9 Å². The van der Waals surface area contributed by atoms with Crippen LogP contribution in [0.2, 0.25) is 0 Å². The van der Waals surface area contributed by atoms with E-state index in [1.807, 2.05) is 0 Å². The van der Waals surface area contributed by atoms with Gasteiger partial charge in [0.05, 0.1) is 51.8 Å². The number of rotatable bonds is 13. The standard InChI is InChI=1S/C56H91O27/c1-21-7-12-56(74-18-21)22(2)33-29(82-56)14-27-25-6-5-23-13-24(8-10-53(23,3)26(25)9-11-54(27,33)4)55(20-60)47(40(68)41(69)48(72)83-55)81-52-46(44(37(65)32(17-59)77-52)78-49-42(70)34(62)28(61)19-73-49)80-51-45(39(67)36(64)31(16-58)76-51)79-50-43(71)38(66)35(63)30(15-57)75-50/h21-52,57-71H,5-20H2,1-4H3/q-1/t21-,22+,23?,24?,25-,26+,27+,28?,29+,30?,31?,32?,33+,34?,35?,36?,37?,38?,39?,40-,41-,42?,43?,44?,45?,46?,47-,48-,49?,50?,51?,52?,53+,54+,55+,56-/m1/s1. The lowest BCUT2D eigenvalue weighted by atomic mass is 9.43. The molecule has 11 rings (SSSR count). The van der Waals surface area contributed by atoms with E-state index in [1.165, 1.54) is 0 Å². The van der Waals surface area contributed by atoms with Crippen molar-refractivity contribution in [2.75, 3.05) is 39.6 Å². The summed E-state index contributed by atoms with van der Waals surface area (Å²) in [4.78, 5) is 0. The molecule has 21 unspecified atom stereocenters. The van der Waals surface area contributed by atoms with Gasteiger partial charge in [-0.1, -0.05) is 27.7 Å². The van der Waals surface area contributed by atoms with Gasteiger partial charge in [-0.05, 0) is 110 Å². The van der Waals surface area contributed by atoms with Crippen molar-refractivity contribution in [1.29, 1.82) is 0 Å². The Kier molecular flexibility index (Phi) is 18.6. The van der Waals surface area contributed by atoms with Gasteiger partial charge in [-0.15, -0.1) is 0 Å². The minimum absolute atomic E-state index is 0.0421. The molecule has 11 aliphatic rings. The van der Waals surface area contributed by atoms with E-state index in [2.05, 4.69) is 27.7 Å². The summed E-state index contributed by atoms with van der Waals surface area (Å²) in [5.41, 5.74) is -2.22. The summed E-state index contributed by atoms with van der Waals surface area (Å²) in [5.74, 6) is 1.13. The monoisotopic (exact) mass is 1200 g/mol. The Morgan fingerprint density at radius 3 is 1.78 bits per heavy atom. The van der Waals surface area contributed by atoms with Crippen molar-refractivity contribution in [1.82, 2.24) is 0 Å². The van der Waals surface area contributed by atoms with Crippen molar-refractivity contribution in [3.63, 3.8) is 0 Å². The van der Waals surface area contributed by atoms with Crippen LogP contribution in [0.15, 0.2) is 0 Å². The van der Waals surface area contributed by atoms with Crippen molar-refractivity contribution in [2.24, 2.45) is 58.2 Å². The maximum absolute atomic E-state index is 13.9. The van der Waals surface area contributed by atoms with Crippen molar-refractivity contribution in [3.8, 4) is 0 Å². The minimum Gasteiger partial charge on any atom is -0.829 e. The van der Waals surface area contributed by atoms with Gasteiger partial charge >= 0.3 is 0 Å². The molecule has 11 fully saturated rings. The number of fused-ring (bicyclic) bond motifs is 7. The van der Waals surface area contributed by atoms with Crippen LogP contribution in [0, 0.1) is 58.2 Å². The summed E-state index contributed by atoms with van der Waals surface area (Å²) in [6, 6.07) is 0. The summed E-state index contributed by atoms with van der Waals surface area (Å²) in [7, 11) is 0. The normalized spacial score (nSPS) is 58.3. The molecular formula is C56H91O27-. The van der Waals surface area contributed by atoms with Gasteiger partial charge in [0.1, 0.15) is 109 Å². The summed E-state index contributed by atoms with van der Waals surface area (Å²) < 4.78 is 68.3. The second kappa shape index (κ2) is 24.3. The highest BCUT2D eigenvalue weighted by Crippen LogP contribution is 2.72. The molecule has 1 spiro atoms. The van der Waals surface area contributed by atoms with Gasteiger partial charge in [0.2, 0.25) is 0 Å². The number of aliphatic hydroxyl groups is 15. The lowest BCUT2D eigenvalue weighted by molar-refractivity contribution is -0.551. The first-order chi connectivity index (χ1) is 39.4. The summed E-state index contributed by atoms with van der Waals surface area (Å²) in [6.45, 7) is 5.65. The van der Waals surface area contributed by atoms with Crippen molar-refractivity contribution in [3.05, 3.63) is 0 Å². The highest BCUT2D eigenvalue weighted by atomic mass is 16.8. The van der Waals surface area contributed by atoms with E-state index in [9.17, 15) is 81.7 Å². The van der Waals surface area contributed by atoms with Crippen LogP contribution in [0.3, 0.4) is 0 Å². The molecular weight excluding hydrogens is 1100 g/mol. The second-order valence-electron chi connectivity index (χ2n) is 27.0. The first-order valence-electron chi connectivity index (χ1n) is 30.2. The number of hydrogen-bond donors (Lipinski definition) is 15. The molecule has 83 heavy (non-hydrogen) atoms. The Hall–Kier alpha value is -1.08. The van der Waals surface area contributed by atoms with Crippen LogP contribution in [0.4, 0.5) is 0 Å². The van der Waals surface area contributed by atoms with Crippen molar-refractivity contribution >= 4 is 0 Å². The fourth-order valence-corrected chi connectivity index (χ4v) is 17.9. The first-order valence-corrected chi connectivity index (χ1v) is 30.2. The maximum atomic E-state index is 13.9. The molecule has 4 saturated carbocycles. The number of hydrogen-bond acceptors (Lipinski definition) is 27. The average molecular weight is 1200 g/mol. The van der Waals surface area contributed by atoms with E-state index < -0.39 is 192 Å². The van der Waals surface area contributed by atoms with Crippen LogP contribution >= 0.6 is 0 Å². The molecule has 0 aromatic heterocycles. The Balaban J connectivity index is 0.891. The van der Waals surface area contributed by atoms with Crippen molar-refractivity contribution in [2.45, 2.75) is 251 Å². The number of aliphatic hydroxyl groups excluding tert-OH is 15. The minimum atomic E-state index is -2.31. The smallest absolute Gasteiger partial charge is 0.187 e. The molecule has 0 amide bonds. The van der Waals surface area contributed by atoms with Gasteiger partial charge in [-0.2, -0.15) is 0 Å². The topological polar surface area (TPSA) is 428 Å². The van der Waals surface area contributed by atoms with Crippen LogP contribution in [-0.2, 0) is 52.1 Å². The zero-order valence-corrected chi connectivity index (χ0v) is 47.4. The van der Waals surface area contributed by atoms with Crippen LogP contribution in [0.1, 0.15) is 91.9 Å². The van der Waals surface area contributed by atoms with Crippen LogP contribution < -0.4 is 5.11 Å². The first kappa shape index (κ1) is 63.5. The maximum Gasteiger partial charge on any atom is 0.187 e. The summed E-state index contributed by atoms with van der Waals surface area (Å²) in [5, 5.41) is 179. The van der Waals surface area contributed by atoms with E-state index in [-0.39, 0.29) is 28.8 Å². The lowest BCUT2D eigenvalue weighted by Gasteiger charge is -2.64. The van der Waals surface area contributed by atoms with Crippen molar-refractivity contribution < 1.29 is 134 Å². The molecule has 4 aliphatic carbocycles. The van der Waals surface area contributed by atoms with E-state index in [4.69, 9.17) is 52.1 Å². The Bertz CT molecular complexity index is 2180. The van der Waals surface area contributed by atoms with Gasteiger partial charge in [0, 0.05) is 18.6 Å². The van der Waals surface area contributed by atoms with E-state index >= 15 is 0 Å². The van der Waals surface area contributed by atoms with Crippen LogP contribution in [0.5, 0.6) is 0 Å². The molecule has 15 N–H and O–H groups in total. The molecule has 27 heteroatoms. The third-order valence-electron chi connectivity index (χ3n) is 22.7. The Labute approximate surface area is 481 Å². The molecule has 478 valence electrons. The largest absolute Gasteiger partial charge is 0.829 e. The third kappa shape index (κ3) is 10.6. The predicted molar refractivity (Wildman–Crippen MR) is 272 cm³/mol. The highest BCUT2D eigenvalue weighted by molar-refractivity contribution is 5.17. The zero-order valence-electron chi connectivity index (χ0n) is 47.4. The SMILES string of the molecule is C[C@@H]1CC[C@@]2(OC1)O[C@H]1C[C@H]3[C@@H]4CCC5CC([C@]6(CO)O[C@@H]([O-])[C@H](O)[C@@H](O)[C@H]6OC6OC(CO)C(O)C(OC7OCC(O)C(O)C7O)C6OC6OC(CO)C(O)C(O)C6OC6OC(CO)C(O)C(O)C6O)CC[C@]5(C)[C@H]4CC[C@]3(C)[C@H]1[C@@H]2C. The number of ether oxygens (including phenoxy) is 11. The molecule has 0 aromatic rings. The molecule has 36 atom stereocenters.